The van der Waals surface area contributed by atoms with Crippen LogP contribution in [-0.2, 0) is 0 Å². The summed E-state index contributed by atoms with van der Waals surface area (Å²) in [7, 11) is 4.13. The molecule has 1 atom stereocenters. The number of likely N-dealkylation sites (N-methyl/N-ethyl adjacent to an activating group) is 2. The molecule has 92 valence electrons. The summed E-state index contributed by atoms with van der Waals surface area (Å²) in [6.07, 6.45) is 1.13. The fourth-order valence-electron chi connectivity index (χ4n) is 2.35. The van der Waals surface area contributed by atoms with Gasteiger partial charge >= 0.3 is 0 Å². The summed E-state index contributed by atoms with van der Waals surface area (Å²) in [6, 6.07) is 9.59. The number of ketones is 1. The highest BCUT2D eigenvalue weighted by Gasteiger charge is 2.27. The monoisotopic (exact) mass is 232 g/mol. The molecule has 0 aliphatic carbocycles. The molecule has 0 amide bonds. The van der Waals surface area contributed by atoms with E-state index in [1.165, 1.54) is 0 Å². The van der Waals surface area contributed by atoms with Crippen molar-refractivity contribution in [3.05, 3.63) is 35.9 Å². The SMILES string of the molecule is CN1CCCN(C)C(C(=O)c2ccccc2)C1. The van der Waals surface area contributed by atoms with Gasteiger partial charge in [-0.2, -0.15) is 0 Å². The summed E-state index contributed by atoms with van der Waals surface area (Å²) in [5.41, 5.74) is 0.819. The molecule has 0 radical (unpaired) electrons. The van der Waals surface area contributed by atoms with Crippen molar-refractivity contribution in [1.29, 1.82) is 0 Å². The van der Waals surface area contributed by atoms with Crippen LogP contribution in [0.15, 0.2) is 30.3 Å². The highest BCUT2D eigenvalue weighted by molar-refractivity contribution is 6.00. The first-order valence-electron chi connectivity index (χ1n) is 6.16. The number of hydrogen-bond donors (Lipinski definition) is 0. The Labute approximate surface area is 103 Å². The Kier molecular flexibility index (Phi) is 3.92. The second-order valence-corrected chi connectivity index (χ2v) is 4.84. The van der Waals surface area contributed by atoms with Crippen molar-refractivity contribution in [2.75, 3.05) is 33.7 Å². The van der Waals surface area contributed by atoms with E-state index < -0.39 is 0 Å². The number of nitrogens with zero attached hydrogens (tertiary/aromatic N) is 2. The minimum Gasteiger partial charge on any atom is -0.304 e. The second kappa shape index (κ2) is 5.43. The highest BCUT2D eigenvalue weighted by atomic mass is 16.1. The fourth-order valence-corrected chi connectivity index (χ4v) is 2.35. The number of carbonyl (C=O) groups excluding carboxylic acids is 1. The first-order chi connectivity index (χ1) is 8.18. The van der Waals surface area contributed by atoms with E-state index in [0.29, 0.717) is 0 Å². The Bertz CT molecular complexity index is 377. The van der Waals surface area contributed by atoms with Crippen LogP contribution in [-0.4, -0.2) is 55.4 Å². The summed E-state index contributed by atoms with van der Waals surface area (Å²) in [6.45, 7) is 2.89. The number of rotatable bonds is 2. The van der Waals surface area contributed by atoms with Gasteiger partial charge in [0.2, 0.25) is 0 Å². The number of Topliss-reactive ketones (excluding diaryl/α,β-unsaturated/α-hetero) is 1. The normalized spacial score (nSPS) is 23.3. The molecule has 1 heterocycles. The summed E-state index contributed by atoms with van der Waals surface area (Å²) >= 11 is 0. The number of benzene rings is 1. The summed E-state index contributed by atoms with van der Waals surface area (Å²) in [5, 5.41) is 0. The summed E-state index contributed by atoms with van der Waals surface area (Å²) in [4.78, 5) is 16.9. The smallest absolute Gasteiger partial charge is 0.181 e. The lowest BCUT2D eigenvalue weighted by Gasteiger charge is -2.26. The first kappa shape index (κ1) is 12.3. The van der Waals surface area contributed by atoms with Crippen LogP contribution in [0.1, 0.15) is 16.8 Å². The number of carbonyl (C=O) groups is 1. The minimum absolute atomic E-state index is 0.00935. The van der Waals surface area contributed by atoms with Crippen LogP contribution in [0.5, 0.6) is 0 Å². The van der Waals surface area contributed by atoms with Gasteiger partial charge < -0.3 is 4.90 Å². The first-order valence-corrected chi connectivity index (χ1v) is 6.16. The van der Waals surface area contributed by atoms with Gasteiger partial charge in [0.1, 0.15) is 0 Å². The van der Waals surface area contributed by atoms with Crippen LogP contribution < -0.4 is 0 Å². The molecule has 17 heavy (non-hydrogen) atoms. The molecule has 0 aromatic heterocycles. The van der Waals surface area contributed by atoms with E-state index in [9.17, 15) is 4.79 Å². The minimum atomic E-state index is -0.00935. The zero-order chi connectivity index (χ0) is 12.3. The average molecular weight is 232 g/mol. The van der Waals surface area contributed by atoms with E-state index in [4.69, 9.17) is 0 Å². The van der Waals surface area contributed by atoms with Crippen molar-refractivity contribution in [1.82, 2.24) is 9.80 Å². The lowest BCUT2D eigenvalue weighted by molar-refractivity contribution is 0.0839. The topological polar surface area (TPSA) is 23.6 Å². The van der Waals surface area contributed by atoms with Crippen molar-refractivity contribution < 1.29 is 4.79 Å². The molecule has 2 rings (SSSR count). The Hall–Kier alpha value is -1.19. The van der Waals surface area contributed by atoms with Gasteiger partial charge in [-0.15, -0.1) is 0 Å². The van der Waals surface area contributed by atoms with Crippen molar-refractivity contribution >= 4 is 5.78 Å². The van der Waals surface area contributed by atoms with Gasteiger partial charge in [-0.25, -0.2) is 0 Å². The maximum absolute atomic E-state index is 12.4. The molecule has 1 saturated heterocycles. The van der Waals surface area contributed by atoms with Crippen LogP contribution >= 0.6 is 0 Å². The average Bonchev–Trinajstić information content (AvgIpc) is 2.51. The van der Waals surface area contributed by atoms with E-state index in [1.54, 1.807) is 0 Å². The largest absolute Gasteiger partial charge is 0.304 e. The van der Waals surface area contributed by atoms with Gasteiger partial charge in [-0.3, -0.25) is 9.69 Å². The Balaban J connectivity index is 2.17. The molecule has 0 N–H and O–H groups in total. The van der Waals surface area contributed by atoms with Gasteiger partial charge in [0.25, 0.3) is 0 Å². The summed E-state index contributed by atoms with van der Waals surface area (Å²) < 4.78 is 0. The molecule has 1 fully saturated rings. The van der Waals surface area contributed by atoms with Gasteiger partial charge in [0.05, 0.1) is 6.04 Å². The van der Waals surface area contributed by atoms with E-state index in [2.05, 4.69) is 16.8 Å². The molecular formula is C14H20N2O. The summed E-state index contributed by atoms with van der Waals surface area (Å²) in [5.74, 6) is 0.238. The third kappa shape index (κ3) is 2.93. The third-order valence-corrected chi connectivity index (χ3v) is 3.43. The molecule has 1 aromatic carbocycles. The van der Waals surface area contributed by atoms with E-state index in [1.807, 2.05) is 37.4 Å². The van der Waals surface area contributed by atoms with Crippen molar-refractivity contribution in [3.63, 3.8) is 0 Å². The molecular weight excluding hydrogens is 212 g/mol. The zero-order valence-electron chi connectivity index (χ0n) is 10.6. The molecule has 3 nitrogen and oxygen atoms in total. The van der Waals surface area contributed by atoms with Crippen molar-refractivity contribution in [2.45, 2.75) is 12.5 Å². The lowest BCUT2D eigenvalue weighted by Crippen LogP contribution is -2.43. The predicted molar refractivity (Wildman–Crippen MR) is 69.3 cm³/mol. The van der Waals surface area contributed by atoms with Crippen LogP contribution in [0.4, 0.5) is 0 Å². The van der Waals surface area contributed by atoms with Crippen LogP contribution in [0, 0.1) is 0 Å². The lowest BCUT2D eigenvalue weighted by atomic mass is 10.0. The molecule has 0 saturated carbocycles. The second-order valence-electron chi connectivity index (χ2n) is 4.84. The van der Waals surface area contributed by atoms with Gasteiger partial charge in [-0.05, 0) is 33.6 Å². The molecule has 0 spiro atoms. The van der Waals surface area contributed by atoms with Crippen LogP contribution in [0.2, 0.25) is 0 Å². The standard InChI is InChI=1S/C14H20N2O/c1-15-9-6-10-16(2)13(11-15)14(17)12-7-4-3-5-8-12/h3-5,7-8,13H,6,9-11H2,1-2H3. The maximum Gasteiger partial charge on any atom is 0.181 e. The highest BCUT2D eigenvalue weighted by Crippen LogP contribution is 2.12. The van der Waals surface area contributed by atoms with Crippen LogP contribution in [0.3, 0.4) is 0 Å². The molecule has 3 heteroatoms. The van der Waals surface area contributed by atoms with Gasteiger partial charge in [-0.1, -0.05) is 30.3 Å². The van der Waals surface area contributed by atoms with Crippen LogP contribution in [0.25, 0.3) is 0 Å². The van der Waals surface area contributed by atoms with E-state index >= 15 is 0 Å². The number of hydrogen-bond acceptors (Lipinski definition) is 3. The molecule has 0 bridgehead atoms. The molecule has 1 aliphatic rings. The van der Waals surface area contributed by atoms with E-state index in [-0.39, 0.29) is 11.8 Å². The Morgan fingerprint density at radius 3 is 2.59 bits per heavy atom. The fraction of sp³-hybridized carbons (Fsp3) is 0.500. The van der Waals surface area contributed by atoms with Gasteiger partial charge in [0.15, 0.2) is 5.78 Å². The van der Waals surface area contributed by atoms with Crippen molar-refractivity contribution in [2.24, 2.45) is 0 Å². The maximum atomic E-state index is 12.4. The molecule has 1 aromatic rings. The van der Waals surface area contributed by atoms with E-state index in [0.717, 1.165) is 31.6 Å². The Morgan fingerprint density at radius 2 is 1.88 bits per heavy atom. The Morgan fingerprint density at radius 1 is 1.18 bits per heavy atom. The predicted octanol–water partition coefficient (Wildman–Crippen LogP) is 1.51. The van der Waals surface area contributed by atoms with Gasteiger partial charge in [0, 0.05) is 12.1 Å². The molecule has 1 aliphatic heterocycles. The quantitative estimate of drug-likeness (QED) is 0.722. The molecule has 1 unspecified atom stereocenters. The zero-order valence-corrected chi connectivity index (χ0v) is 10.6. The third-order valence-electron chi connectivity index (χ3n) is 3.43. The van der Waals surface area contributed by atoms with Crippen molar-refractivity contribution in [3.8, 4) is 0 Å².